The fourth-order valence-corrected chi connectivity index (χ4v) is 1.39. The zero-order valence-electron chi connectivity index (χ0n) is 6.03. The number of allylic oxidation sites excluding steroid dienone is 3. The number of rotatable bonds is 0. The second-order valence-corrected chi connectivity index (χ2v) is 2.72. The molecule has 0 aromatic carbocycles. The molecule has 0 fully saturated rings. The summed E-state index contributed by atoms with van der Waals surface area (Å²) in [7, 11) is 0. The van der Waals surface area contributed by atoms with Crippen LogP contribution in [0.4, 0.5) is 0 Å². The Morgan fingerprint density at radius 1 is 1.27 bits per heavy atom. The van der Waals surface area contributed by atoms with Crippen LogP contribution in [0.2, 0.25) is 0 Å². The Labute approximate surface area is 65.3 Å². The molecule has 0 amide bonds. The van der Waals surface area contributed by atoms with E-state index in [1.807, 2.05) is 24.3 Å². The lowest BCUT2D eigenvalue weighted by molar-refractivity contribution is -0.117. The third-order valence-electron chi connectivity index (χ3n) is 2.00. The Hall–Kier alpha value is -1.31. The summed E-state index contributed by atoms with van der Waals surface area (Å²) in [6, 6.07) is 0.178. The smallest absolute Gasteiger partial charge is 0.166 e. The van der Waals surface area contributed by atoms with Crippen molar-refractivity contribution >= 4 is 5.78 Å². The Bertz CT molecular complexity index is 263. The Balaban J connectivity index is 2.30. The monoisotopic (exact) mass is 147 g/mol. The summed E-state index contributed by atoms with van der Waals surface area (Å²) in [4.78, 5) is 11.2. The van der Waals surface area contributed by atoms with Crippen LogP contribution in [-0.4, -0.2) is 11.8 Å². The molecule has 11 heavy (non-hydrogen) atoms. The van der Waals surface area contributed by atoms with Crippen LogP contribution in [0.5, 0.6) is 0 Å². The lowest BCUT2D eigenvalue weighted by Crippen LogP contribution is -2.38. The van der Waals surface area contributed by atoms with Crippen LogP contribution in [0.1, 0.15) is 0 Å². The summed E-state index contributed by atoms with van der Waals surface area (Å²) in [5.74, 6) is 0.208. The SMILES string of the molecule is O=C1C=CNC2C=CC=CC12. The number of carbonyl (C=O) groups is 1. The average molecular weight is 147 g/mol. The predicted molar refractivity (Wildman–Crippen MR) is 42.8 cm³/mol. The summed E-state index contributed by atoms with van der Waals surface area (Å²) in [5, 5.41) is 3.11. The summed E-state index contributed by atoms with van der Waals surface area (Å²) in [6.45, 7) is 0. The van der Waals surface area contributed by atoms with Gasteiger partial charge in [0.15, 0.2) is 5.78 Å². The molecule has 0 aromatic rings. The van der Waals surface area contributed by atoms with E-state index in [9.17, 15) is 4.79 Å². The van der Waals surface area contributed by atoms with Crippen molar-refractivity contribution in [1.29, 1.82) is 0 Å². The number of carbonyl (C=O) groups excluding carboxylic acids is 1. The van der Waals surface area contributed by atoms with Crippen molar-refractivity contribution in [2.45, 2.75) is 6.04 Å². The maximum Gasteiger partial charge on any atom is 0.166 e. The third kappa shape index (κ3) is 1.00. The fraction of sp³-hybridized carbons (Fsp3) is 0.222. The van der Waals surface area contributed by atoms with Gasteiger partial charge in [-0.1, -0.05) is 24.3 Å². The molecule has 2 atom stereocenters. The van der Waals surface area contributed by atoms with Crippen LogP contribution < -0.4 is 5.32 Å². The molecule has 2 heteroatoms. The van der Waals surface area contributed by atoms with Crippen molar-refractivity contribution in [2.75, 3.05) is 0 Å². The molecule has 0 saturated carbocycles. The molecule has 2 unspecified atom stereocenters. The van der Waals surface area contributed by atoms with Gasteiger partial charge in [-0.2, -0.15) is 0 Å². The van der Waals surface area contributed by atoms with E-state index in [0.29, 0.717) is 0 Å². The van der Waals surface area contributed by atoms with Crippen LogP contribution in [0, 0.1) is 5.92 Å². The van der Waals surface area contributed by atoms with Crippen molar-refractivity contribution in [3.05, 3.63) is 36.6 Å². The minimum Gasteiger partial charge on any atom is -0.384 e. The summed E-state index contributed by atoms with van der Waals surface area (Å²) in [6.07, 6.45) is 11.1. The molecule has 2 nitrogen and oxygen atoms in total. The topological polar surface area (TPSA) is 29.1 Å². The molecule has 2 aliphatic rings. The van der Waals surface area contributed by atoms with Crippen molar-refractivity contribution in [3.8, 4) is 0 Å². The van der Waals surface area contributed by atoms with Gasteiger partial charge in [-0.3, -0.25) is 4.79 Å². The van der Waals surface area contributed by atoms with Crippen molar-refractivity contribution in [3.63, 3.8) is 0 Å². The first-order valence-corrected chi connectivity index (χ1v) is 3.69. The lowest BCUT2D eigenvalue weighted by atomic mass is 9.89. The van der Waals surface area contributed by atoms with Gasteiger partial charge in [0.1, 0.15) is 0 Å². The van der Waals surface area contributed by atoms with Crippen LogP contribution >= 0.6 is 0 Å². The third-order valence-corrected chi connectivity index (χ3v) is 2.00. The molecule has 2 rings (SSSR count). The highest BCUT2D eigenvalue weighted by atomic mass is 16.1. The molecule has 1 N–H and O–H groups in total. The van der Waals surface area contributed by atoms with Gasteiger partial charge < -0.3 is 5.32 Å². The number of hydrogen-bond donors (Lipinski definition) is 1. The zero-order valence-corrected chi connectivity index (χ0v) is 6.03. The van der Waals surface area contributed by atoms with Crippen LogP contribution in [0.15, 0.2) is 36.6 Å². The summed E-state index contributed by atoms with van der Waals surface area (Å²) in [5.41, 5.74) is 0. The quantitative estimate of drug-likeness (QED) is 0.548. The average Bonchev–Trinajstić information content (AvgIpc) is 2.06. The maximum absolute atomic E-state index is 11.2. The molecule has 56 valence electrons. The Morgan fingerprint density at radius 2 is 2.09 bits per heavy atom. The largest absolute Gasteiger partial charge is 0.384 e. The first-order valence-electron chi connectivity index (χ1n) is 3.69. The van der Waals surface area contributed by atoms with Gasteiger partial charge >= 0.3 is 0 Å². The van der Waals surface area contributed by atoms with E-state index in [4.69, 9.17) is 0 Å². The van der Waals surface area contributed by atoms with Crippen molar-refractivity contribution in [2.24, 2.45) is 5.92 Å². The number of nitrogens with one attached hydrogen (secondary N) is 1. The summed E-state index contributed by atoms with van der Waals surface area (Å²) >= 11 is 0. The van der Waals surface area contributed by atoms with Gasteiger partial charge in [-0.05, 0) is 6.08 Å². The fourth-order valence-electron chi connectivity index (χ4n) is 1.39. The van der Waals surface area contributed by atoms with Gasteiger partial charge in [0, 0.05) is 6.20 Å². The van der Waals surface area contributed by atoms with E-state index in [0.717, 1.165) is 0 Å². The number of ketones is 1. The highest BCUT2D eigenvalue weighted by Crippen LogP contribution is 2.16. The molecule has 1 heterocycles. The van der Waals surface area contributed by atoms with Crippen molar-refractivity contribution < 1.29 is 4.79 Å². The van der Waals surface area contributed by atoms with Gasteiger partial charge in [0.2, 0.25) is 0 Å². The first-order chi connectivity index (χ1) is 5.38. The summed E-state index contributed by atoms with van der Waals surface area (Å²) < 4.78 is 0. The van der Waals surface area contributed by atoms with E-state index in [1.165, 1.54) is 0 Å². The van der Waals surface area contributed by atoms with Gasteiger partial charge in [-0.25, -0.2) is 0 Å². The molecule has 0 spiro atoms. The van der Waals surface area contributed by atoms with Gasteiger partial charge in [-0.15, -0.1) is 0 Å². The second-order valence-electron chi connectivity index (χ2n) is 2.72. The molecule has 0 aromatic heterocycles. The minimum atomic E-state index is 0.0185. The van der Waals surface area contributed by atoms with Gasteiger partial charge in [0.05, 0.1) is 12.0 Å². The van der Waals surface area contributed by atoms with Crippen LogP contribution in [0.25, 0.3) is 0 Å². The number of fused-ring (bicyclic) bond motifs is 1. The Morgan fingerprint density at radius 3 is 2.91 bits per heavy atom. The van der Waals surface area contributed by atoms with Crippen LogP contribution in [0.3, 0.4) is 0 Å². The van der Waals surface area contributed by atoms with E-state index >= 15 is 0 Å². The van der Waals surface area contributed by atoms with E-state index in [-0.39, 0.29) is 17.7 Å². The molecule has 1 aliphatic heterocycles. The normalized spacial score (nSPS) is 33.3. The molecular weight excluding hydrogens is 138 g/mol. The minimum absolute atomic E-state index is 0.0185. The zero-order chi connectivity index (χ0) is 7.68. The maximum atomic E-state index is 11.2. The van der Waals surface area contributed by atoms with E-state index in [1.54, 1.807) is 12.3 Å². The molecule has 0 bridgehead atoms. The first kappa shape index (κ1) is 6.40. The number of hydrogen-bond acceptors (Lipinski definition) is 2. The lowest BCUT2D eigenvalue weighted by Gasteiger charge is -2.25. The van der Waals surface area contributed by atoms with Crippen molar-refractivity contribution in [1.82, 2.24) is 5.32 Å². The standard InChI is InChI=1S/C9H9NO/c11-9-5-6-10-8-4-2-1-3-7(8)9/h1-8,10H. The second kappa shape index (κ2) is 2.38. The van der Waals surface area contributed by atoms with Gasteiger partial charge in [0.25, 0.3) is 0 Å². The molecule has 1 aliphatic carbocycles. The molecule has 0 radical (unpaired) electrons. The Kier molecular flexibility index (Phi) is 1.39. The highest BCUT2D eigenvalue weighted by molar-refractivity contribution is 5.94. The highest BCUT2D eigenvalue weighted by Gasteiger charge is 2.25. The molecular formula is C9H9NO. The predicted octanol–water partition coefficient (Wildman–Crippen LogP) is 0.783. The van der Waals surface area contributed by atoms with E-state index < -0.39 is 0 Å². The van der Waals surface area contributed by atoms with Crippen LogP contribution in [-0.2, 0) is 4.79 Å². The molecule has 0 saturated heterocycles. The van der Waals surface area contributed by atoms with E-state index in [2.05, 4.69) is 5.32 Å².